The quantitative estimate of drug-likeness (QED) is 0.942. The molecule has 0 aliphatic heterocycles. The molecule has 0 aliphatic rings. The third-order valence-corrected chi connectivity index (χ3v) is 4.16. The van der Waals surface area contributed by atoms with Crippen LogP contribution in [0.25, 0.3) is 0 Å². The van der Waals surface area contributed by atoms with Gasteiger partial charge in [0.25, 0.3) is 0 Å². The third kappa shape index (κ3) is 3.22. The summed E-state index contributed by atoms with van der Waals surface area (Å²) in [5.41, 5.74) is 9.18. The predicted molar refractivity (Wildman–Crippen MR) is 80.4 cm³/mol. The molecule has 0 radical (unpaired) electrons. The number of halogens is 1. The second kappa shape index (κ2) is 5.58. The average Bonchev–Trinajstić information content (AvgIpc) is 2.81. The normalized spacial score (nSPS) is 13.5. The zero-order chi connectivity index (χ0) is 14.9. The smallest absolute Gasteiger partial charge is 0.123 e. The molecule has 1 aromatic heterocycles. The van der Waals surface area contributed by atoms with Gasteiger partial charge in [0.15, 0.2) is 0 Å². The Bertz CT molecular complexity index is 601. The molecule has 0 spiro atoms. The average molecular weight is 293 g/mol. The van der Waals surface area contributed by atoms with Crippen molar-refractivity contribution in [3.63, 3.8) is 0 Å². The summed E-state index contributed by atoms with van der Waals surface area (Å²) in [5.74, 6) is -0.213. The lowest BCUT2D eigenvalue weighted by molar-refractivity contribution is 0.550. The van der Waals surface area contributed by atoms with E-state index in [0.29, 0.717) is 6.42 Å². The Morgan fingerprint density at radius 1 is 1.35 bits per heavy atom. The number of aryl methyl sites for hydroxylation is 1. The fourth-order valence-corrected chi connectivity index (χ4v) is 3.04. The van der Waals surface area contributed by atoms with Gasteiger partial charge in [-0.15, -0.1) is 5.10 Å². The maximum absolute atomic E-state index is 13.1. The molecule has 0 saturated carbocycles. The molecule has 1 atom stereocenters. The lowest BCUT2D eigenvalue weighted by Gasteiger charge is -2.20. The minimum Gasteiger partial charge on any atom is -0.323 e. The van der Waals surface area contributed by atoms with Crippen LogP contribution in [0.4, 0.5) is 4.39 Å². The Kier molecular flexibility index (Phi) is 4.20. The van der Waals surface area contributed by atoms with E-state index in [2.05, 4.69) is 30.4 Å². The molecule has 1 unspecified atom stereocenters. The Balaban J connectivity index is 2.25. The largest absolute Gasteiger partial charge is 0.323 e. The van der Waals surface area contributed by atoms with Crippen molar-refractivity contribution in [3.8, 4) is 0 Å². The molecule has 0 aliphatic carbocycles. The molecular weight excluding hydrogens is 273 g/mol. The first-order valence-corrected chi connectivity index (χ1v) is 7.39. The molecular formula is C15H20FN3S. The van der Waals surface area contributed by atoms with E-state index in [9.17, 15) is 4.39 Å². The SMILES string of the molecule is Cc1cc(F)ccc1CC(N)c1snnc1C(C)(C)C. The summed E-state index contributed by atoms with van der Waals surface area (Å²) in [4.78, 5) is 1.02. The number of rotatable bonds is 3. The Morgan fingerprint density at radius 3 is 2.65 bits per heavy atom. The predicted octanol–water partition coefficient (Wildman–Crippen LogP) is 3.53. The van der Waals surface area contributed by atoms with Crippen molar-refractivity contribution < 1.29 is 4.39 Å². The highest BCUT2D eigenvalue weighted by molar-refractivity contribution is 7.05. The van der Waals surface area contributed by atoms with Crippen LogP contribution in [0, 0.1) is 12.7 Å². The van der Waals surface area contributed by atoms with Gasteiger partial charge in [-0.25, -0.2) is 4.39 Å². The molecule has 0 fully saturated rings. The van der Waals surface area contributed by atoms with Crippen LogP contribution < -0.4 is 5.73 Å². The maximum Gasteiger partial charge on any atom is 0.123 e. The summed E-state index contributed by atoms with van der Waals surface area (Å²) in [5, 5.41) is 4.22. The van der Waals surface area contributed by atoms with E-state index in [1.54, 1.807) is 6.07 Å². The summed E-state index contributed by atoms with van der Waals surface area (Å²) < 4.78 is 17.2. The number of hydrogen-bond acceptors (Lipinski definition) is 4. The number of nitrogens with zero attached hydrogens (tertiary/aromatic N) is 2. The van der Waals surface area contributed by atoms with Gasteiger partial charge in [-0.05, 0) is 48.1 Å². The first-order chi connectivity index (χ1) is 9.29. The number of aromatic nitrogens is 2. The van der Waals surface area contributed by atoms with Crippen LogP contribution in [-0.2, 0) is 11.8 Å². The zero-order valence-corrected chi connectivity index (χ0v) is 13.1. The van der Waals surface area contributed by atoms with Crippen molar-refractivity contribution in [2.45, 2.75) is 45.6 Å². The van der Waals surface area contributed by atoms with Crippen LogP contribution in [0.3, 0.4) is 0 Å². The fraction of sp³-hybridized carbons (Fsp3) is 0.467. The molecule has 20 heavy (non-hydrogen) atoms. The molecule has 0 bridgehead atoms. The van der Waals surface area contributed by atoms with Gasteiger partial charge in [-0.1, -0.05) is 31.3 Å². The van der Waals surface area contributed by atoms with Crippen LogP contribution in [-0.4, -0.2) is 9.59 Å². The van der Waals surface area contributed by atoms with Crippen molar-refractivity contribution in [1.29, 1.82) is 0 Å². The summed E-state index contributed by atoms with van der Waals surface area (Å²) in [6.07, 6.45) is 0.666. The molecule has 108 valence electrons. The topological polar surface area (TPSA) is 51.8 Å². The standard InChI is InChI=1S/C15H20FN3S/c1-9-7-11(16)6-5-10(9)8-12(17)13-14(15(2,3)4)18-19-20-13/h5-7,12H,8,17H2,1-4H3. The summed E-state index contributed by atoms with van der Waals surface area (Å²) in [6.45, 7) is 8.20. The Hall–Kier alpha value is -1.33. The van der Waals surface area contributed by atoms with Crippen LogP contribution in [0.15, 0.2) is 18.2 Å². The first-order valence-electron chi connectivity index (χ1n) is 6.62. The van der Waals surface area contributed by atoms with Crippen LogP contribution in [0.2, 0.25) is 0 Å². The first kappa shape index (κ1) is 15.1. The lowest BCUT2D eigenvalue weighted by Crippen LogP contribution is -2.20. The van der Waals surface area contributed by atoms with Gasteiger partial charge < -0.3 is 5.73 Å². The van der Waals surface area contributed by atoms with Gasteiger partial charge in [0.05, 0.1) is 10.6 Å². The third-order valence-electron chi connectivity index (χ3n) is 3.31. The van der Waals surface area contributed by atoms with E-state index in [0.717, 1.165) is 21.7 Å². The van der Waals surface area contributed by atoms with Gasteiger partial charge in [0.1, 0.15) is 5.82 Å². The molecule has 2 N–H and O–H groups in total. The van der Waals surface area contributed by atoms with Crippen molar-refractivity contribution in [2.24, 2.45) is 5.73 Å². The molecule has 0 amide bonds. The van der Waals surface area contributed by atoms with E-state index in [4.69, 9.17) is 5.73 Å². The molecule has 1 aromatic carbocycles. The van der Waals surface area contributed by atoms with Crippen molar-refractivity contribution in [3.05, 3.63) is 45.7 Å². The number of nitrogens with two attached hydrogens (primary N) is 1. The number of benzene rings is 1. The van der Waals surface area contributed by atoms with E-state index in [1.807, 2.05) is 6.92 Å². The monoisotopic (exact) mass is 293 g/mol. The highest BCUT2D eigenvalue weighted by Crippen LogP contribution is 2.31. The van der Waals surface area contributed by atoms with Crippen molar-refractivity contribution >= 4 is 11.5 Å². The molecule has 5 heteroatoms. The fourth-order valence-electron chi connectivity index (χ4n) is 2.18. The summed E-state index contributed by atoms with van der Waals surface area (Å²) in [6, 6.07) is 4.66. The van der Waals surface area contributed by atoms with Crippen molar-refractivity contribution in [2.75, 3.05) is 0 Å². The molecule has 2 aromatic rings. The zero-order valence-electron chi connectivity index (χ0n) is 12.3. The minimum absolute atomic E-state index is 0.0716. The van der Waals surface area contributed by atoms with Gasteiger partial charge in [0.2, 0.25) is 0 Å². The number of hydrogen-bond donors (Lipinski definition) is 1. The molecule has 0 saturated heterocycles. The van der Waals surface area contributed by atoms with Crippen LogP contribution in [0.5, 0.6) is 0 Å². The molecule has 2 rings (SSSR count). The van der Waals surface area contributed by atoms with Gasteiger partial charge in [-0.2, -0.15) is 0 Å². The van der Waals surface area contributed by atoms with E-state index >= 15 is 0 Å². The lowest BCUT2D eigenvalue weighted by atomic mass is 9.89. The van der Waals surface area contributed by atoms with Gasteiger partial charge in [-0.3, -0.25) is 0 Å². The van der Waals surface area contributed by atoms with E-state index < -0.39 is 0 Å². The minimum atomic E-state index is -0.213. The highest BCUT2D eigenvalue weighted by Gasteiger charge is 2.25. The van der Waals surface area contributed by atoms with Crippen molar-refractivity contribution in [1.82, 2.24) is 9.59 Å². The van der Waals surface area contributed by atoms with Gasteiger partial charge >= 0.3 is 0 Å². The Morgan fingerprint density at radius 2 is 2.05 bits per heavy atom. The second-order valence-corrected chi connectivity index (χ2v) is 6.90. The highest BCUT2D eigenvalue weighted by atomic mass is 32.1. The van der Waals surface area contributed by atoms with Crippen LogP contribution >= 0.6 is 11.5 Å². The van der Waals surface area contributed by atoms with Gasteiger partial charge in [0, 0.05) is 11.5 Å². The summed E-state index contributed by atoms with van der Waals surface area (Å²) in [7, 11) is 0. The molecule has 3 nitrogen and oxygen atoms in total. The van der Waals surface area contributed by atoms with Crippen LogP contribution in [0.1, 0.15) is 48.5 Å². The maximum atomic E-state index is 13.1. The Labute approximate surface area is 123 Å². The van der Waals surface area contributed by atoms with E-state index in [1.165, 1.54) is 23.7 Å². The molecule has 1 heterocycles. The second-order valence-electron chi connectivity index (χ2n) is 6.12. The van der Waals surface area contributed by atoms with E-state index in [-0.39, 0.29) is 17.3 Å². The summed E-state index contributed by atoms with van der Waals surface area (Å²) >= 11 is 1.35.